The predicted molar refractivity (Wildman–Crippen MR) is 107 cm³/mol. The van der Waals surface area contributed by atoms with E-state index in [9.17, 15) is 0 Å². The molecule has 0 atom stereocenters. The second-order valence-corrected chi connectivity index (χ2v) is 7.09. The molecule has 3 aromatic rings. The first-order valence-corrected chi connectivity index (χ1v) is 10.1. The first-order valence-electron chi connectivity index (χ1n) is 9.16. The molecule has 2 aromatic carbocycles. The minimum Gasteiger partial charge on any atom is -0.494 e. The van der Waals surface area contributed by atoms with Gasteiger partial charge in [-0.2, -0.15) is 0 Å². The highest BCUT2D eigenvalue weighted by Crippen LogP contribution is 2.25. The highest BCUT2D eigenvalue weighted by atomic mass is 32.2. The van der Waals surface area contributed by atoms with E-state index in [4.69, 9.17) is 4.74 Å². The van der Waals surface area contributed by atoms with Crippen LogP contribution in [-0.4, -0.2) is 27.1 Å². The first-order chi connectivity index (χ1) is 12.8. The van der Waals surface area contributed by atoms with E-state index in [0.29, 0.717) is 6.61 Å². The Kier molecular flexibility index (Phi) is 6.72. The first kappa shape index (κ1) is 18.5. The van der Waals surface area contributed by atoms with Crippen LogP contribution in [0.3, 0.4) is 0 Å². The number of benzene rings is 2. The van der Waals surface area contributed by atoms with Gasteiger partial charge < -0.3 is 4.74 Å². The van der Waals surface area contributed by atoms with Crippen molar-refractivity contribution in [1.82, 2.24) is 14.8 Å². The SMILES string of the molecule is CCCCSc1nnc(Cc2ccccc2)n1-c1ccc(OCC)cc1. The van der Waals surface area contributed by atoms with Crippen molar-refractivity contribution in [2.75, 3.05) is 12.4 Å². The molecular weight excluding hydrogens is 342 g/mol. The van der Waals surface area contributed by atoms with Crippen molar-refractivity contribution >= 4 is 11.8 Å². The fraction of sp³-hybridized carbons (Fsp3) is 0.333. The standard InChI is InChI=1S/C21H25N3OS/c1-3-5-15-26-21-23-22-20(16-17-9-7-6-8-10-17)24(21)18-11-13-19(14-12-18)25-4-2/h6-14H,3-5,15-16H2,1-2H3. The summed E-state index contributed by atoms with van der Waals surface area (Å²) in [5.74, 6) is 2.89. The van der Waals surface area contributed by atoms with Gasteiger partial charge in [0.05, 0.1) is 6.61 Å². The maximum absolute atomic E-state index is 5.57. The van der Waals surface area contributed by atoms with E-state index >= 15 is 0 Å². The third-order valence-corrected chi connectivity index (χ3v) is 5.06. The molecular formula is C21H25N3OS. The molecule has 136 valence electrons. The monoisotopic (exact) mass is 367 g/mol. The van der Waals surface area contributed by atoms with E-state index < -0.39 is 0 Å². The van der Waals surface area contributed by atoms with Crippen molar-refractivity contribution in [3.63, 3.8) is 0 Å². The Labute approximate surface area is 159 Å². The van der Waals surface area contributed by atoms with E-state index in [1.807, 2.05) is 25.1 Å². The van der Waals surface area contributed by atoms with E-state index in [1.165, 1.54) is 18.4 Å². The minimum absolute atomic E-state index is 0.670. The van der Waals surface area contributed by atoms with Gasteiger partial charge in [0.15, 0.2) is 5.16 Å². The van der Waals surface area contributed by atoms with E-state index in [1.54, 1.807) is 11.8 Å². The molecule has 0 saturated heterocycles. The molecule has 0 saturated carbocycles. The van der Waals surface area contributed by atoms with E-state index in [2.05, 4.69) is 58.1 Å². The molecule has 3 rings (SSSR count). The quantitative estimate of drug-likeness (QED) is 0.387. The van der Waals surface area contributed by atoms with Gasteiger partial charge in [0.1, 0.15) is 11.6 Å². The number of hydrogen-bond donors (Lipinski definition) is 0. The summed E-state index contributed by atoms with van der Waals surface area (Å²) in [6, 6.07) is 18.6. The maximum atomic E-state index is 5.57. The van der Waals surface area contributed by atoms with E-state index in [-0.39, 0.29) is 0 Å². The second-order valence-electron chi connectivity index (χ2n) is 6.03. The van der Waals surface area contributed by atoms with Gasteiger partial charge in [-0.15, -0.1) is 10.2 Å². The largest absolute Gasteiger partial charge is 0.494 e. The Morgan fingerprint density at radius 2 is 1.73 bits per heavy atom. The van der Waals surface area contributed by atoms with Gasteiger partial charge in [-0.25, -0.2) is 0 Å². The molecule has 0 aliphatic carbocycles. The Bertz CT molecular complexity index is 800. The summed E-state index contributed by atoms with van der Waals surface area (Å²) in [5, 5.41) is 9.90. The van der Waals surface area contributed by atoms with Gasteiger partial charge >= 0.3 is 0 Å². The Morgan fingerprint density at radius 1 is 0.962 bits per heavy atom. The van der Waals surface area contributed by atoms with Gasteiger partial charge in [0.2, 0.25) is 0 Å². The summed E-state index contributed by atoms with van der Waals surface area (Å²) in [4.78, 5) is 0. The molecule has 5 heteroatoms. The summed E-state index contributed by atoms with van der Waals surface area (Å²) in [6.07, 6.45) is 3.12. The molecule has 0 fully saturated rings. The van der Waals surface area contributed by atoms with Gasteiger partial charge in [-0.05, 0) is 43.2 Å². The zero-order valence-corrected chi connectivity index (χ0v) is 16.2. The summed E-state index contributed by atoms with van der Waals surface area (Å²) in [6.45, 7) is 4.87. The molecule has 0 radical (unpaired) electrons. The Hall–Kier alpha value is -2.27. The molecule has 0 unspecified atom stereocenters. The average molecular weight is 368 g/mol. The number of aromatic nitrogens is 3. The smallest absolute Gasteiger partial charge is 0.195 e. The lowest BCUT2D eigenvalue weighted by molar-refractivity contribution is 0.340. The van der Waals surface area contributed by atoms with Crippen LogP contribution in [0.1, 0.15) is 38.1 Å². The van der Waals surface area contributed by atoms with Crippen LogP contribution in [0, 0.1) is 0 Å². The molecule has 0 spiro atoms. The number of unbranched alkanes of at least 4 members (excludes halogenated alkanes) is 1. The molecule has 0 aliphatic rings. The summed E-state index contributed by atoms with van der Waals surface area (Å²) < 4.78 is 7.74. The van der Waals surface area contributed by atoms with Crippen LogP contribution in [-0.2, 0) is 6.42 Å². The number of ether oxygens (including phenoxy) is 1. The van der Waals surface area contributed by atoms with Crippen molar-refractivity contribution < 1.29 is 4.74 Å². The molecule has 26 heavy (non-hydrogen) atoms. The summed E-state index contributed by atoms with van der Waals surface area (Å²) >= 11 is 1.77. The van der Waals surface area contributed by atoms with Crippen molar-refractivity contribution in [2.24, 2.45) is 0 Å². The maximum Gasteiger partial charge on any atom is 0.195 e. The Balaban J connectivity index is 1.91. The van der Waals surface area contributed by atoms with E-state index in [0.717, 1.165) is 34.6 Å². The lowest BCUT2D eigenvalue weighted by Gasteiger charge is -2.11. The zero-order chi connectivity index (χ0) is 18.2. The molecule has 0 N–H and O–H groups in total. The second kappa shape index (κ2) is 9.43. The minimum atomic E-state index is 0.670. The third-order valence-electron chi connectivity index (χ3n) is 4.04. The van der Waals surface area contributed by atoms with Crippen LogP contribution < -0.4 is 4.74 Å². The number of nitrogens with zero attached hydrogens (tertiary/aromatic N) is 3. The number of rotatable bonds is 9. The fourth-order valence-electron chi connectivity index (χ4n) is 2.71. The van der Waals surface area contributed by atoms with Gasteiger partial charge in [-0.1, -0.05) is 55.4 Å². The lowest BCUT2D eigenvalue weighted by atomic mass is 10.1. The lowest BCUT2D eigenvalue weighted by Crippen LogP contribution is -2.04. The molecule has 0 amide bonds. The molecule has 0 bridgehead atoms. The van der Waals surface area contributed by atoms with Crippen LogP contribution in [0.5, 0.6) is 5.75 Å². The van der Waals surface area contributed by atoms with Gasteiger partial charge in [0, 0.05) is 17.9 Å². The van der Waals surface area contributed by atoms with Crippen LogP contribution in [0.2, 0.25) is 0 Å². The summed E-state index contributed by atoms with van der Waals surface area (Å²) in [7, 11) is 0. The Morgan fingerprint density at radius 3 is 2.42 bits per heavy atom. The van der Waals surface area contributed by atoms with Crippen molar-refractivity contribution in [3.05, 3.63) is 66.0 Å². The highest BCUT2D eigenvalue weighted by molar-refractivity contribution is 7.99. The van der Waals surface area contributed by atoms with Gasteiger partial charge in [0.25, 0.3) is 0 Å². The third kappa shape index (κ3) is 4.67. The van der Waals surface area contributed by atoms with Crippen LogP contribution in [0.25, 0.3) is 5.69 Å². The molecule has 4 nitrogen and oxygen atoms in total. The number of hydrogen-bond acceptors (Lipinski definition) is 4. The van der Waals surface area contributed by atoms with Crippen LogP contribution in [0.4, 0.5) is 0 Å². The predicted octanol–water partition coefficient (Wildman–Crippen LogP) is 5.15. The van der Waals surface area contributed by atoms with Crippen LogP contribution in [0.15, 0.2) is 59.8 Å². The van der Waals surface area contributed by atoms with Gasteiger partial charge in [-0.3, -0.25) is 4.57 Å². The summed E-state index contributed by atoms with van der Waals surface area (Å²) in [5.41, 5.74) is 2.31. The molecule has 0 aliphatic heterocycles. The fourth-order valence-corrected chi connectivity index (χ4v) is 3.77. The zero-order valence-electron chi connectivity index (χ0n) is 15.4. The topological polar surface area (TPSA) is 39.9 Å². The van der Waals surface area contributed by atoms with Crippen LogP contribution >= 0.6 is 11.8 Å². The van der Waals surface area contributed by atoms with Crippen molar-refractivity contribution in [1.29, 1.82) is 0 Å². The highest BCUT2D eigenvalue weighted by Gasteiger charge is 2.15. The molecule has 1 heterocycles. The average Bonchev–Trinajstić information content (AvgIpc) is 3.06. The number of thioether (sulfide) groups is 1. The van der Waals surface area contributed by atoms with Crippen molar-refractivity contribution in [2.45, 2.75) is 38.3 Å². The normalized spacial score (nSPS) is 10.8. The molecule has 1 aromatic heterocycles. The van der Waals surface area contributed by atoms with Crippen molar-refractivity contribution in [3.8, 4) is 11.4 Å².